The van der Waals surface area contributed by atoms with Crippen LogP contribution in [0.5, 0.6) is 5.75 Å². The standard InChI is InChI=1S/C23H18O3/c1-14(2)26-21-13-20-19(12-18(21)15-8-4-3-5-9-15)22(24)16-10-6-7-11-17(16)23(20)25/h3-14H,1-2H3. The Morgan fingerprint density at radius 1 is 0.654 bits per heavy atom. The van der Waals surface area contributed by atoms with Gasteiger partial charge in [0.1, 0.15) is 5.75 Å². The van der Waals surface area contributed by atoms with Crippen molar-refractivity contribution in [1.29, 1.82) is 0 Å². The van der Waals surface area contributed by atoms with E-state index in [1.54, 1.807) is 36.4 Å². The molecule has 128 valence electrons. The topological polar surface area (TPSA) is 43.4 Å². The van der Waals surface area contributed by atoms with Crippen molar-refractivity contribution in [2.45, 2.75) is 20.0 Å². The molecule has 3 aromatic rings. The average Bonchev–Trinajstić information content (AvgIpc) is 2.66. The summed E-state index contributed by atoms with van der Waals surface area (Å²) in [6, 6.07) is 20.2. The molecule has 0 radical (unpaired) electrons. The number of carbonyl (C=O) groups excluding carboxylic acids is 2. The molecule has 0 amide bonds. The van der Waals surface area contributed by atoms with E-state index in [4.69, 9.17) is 4.74 Å². The highest BCUT2D eigenvalue weighted by Gasteiger charge is 2.31. The predicted octanol–water partition coefficient (Wildman–Crippen LogP) is 4.92. The molecule has 0 aliphatic heterocycles. The molecule has 0 heterocycles. The highest BCUT2D eigenvalue weighted by molar-refractivity contribution is 6.28. The number of hydrogen-bond acceptors (Lipinski definition) is 3. The minimum Gasteiger partial charge on any atom is -0.490 e. The van der Waals surface area contributed by atoms with Crippen molar-refractivity contribution in [1.82, 2.24) is 0 Å². The van der Waals surface area contributed by atoms with Crippen LogP contribution in [-0.2, 0) is 0 Å². The molecule has 3 heteroatoms. The van der Waals surface area contributed by atoms with Crippen LogP contribution < -0.4 is 4.74 Å². The van der Waals surface area contributed by atoms with Gasteiger partial charge >= 0.3 is 0 Å². The van der Waals surface area contributed by atoms with Crippen LogP contribution in [0.15, 0.2) is 66.7 Å². The molecule has 0 N–H and O–H groups in total. The minimum atomic E-state index is -0.136. The van der Waals surface area contributed by atoms with Crippen LogP contribution in [0.2, 0.25) is 0 Å². The Balaban J connectivity index is 1.96. The average molecular weight is 342 g/mol. The molecule has 4 rings (SSSR count). The van der Waals surface area contributed by atoms with Crippen molar-refractivity contribution in [2.75, 3.05) is 0 Å². The molecule has 0 fully saturated rings. The van der Waals surface area contributed by atoms with Crippen molar-refractivity contribution in [3.05, 3.63) is 89.0 Å². The molecule has 0 atom stereocenters. The van der Waals surface area contributed by atoms with E-state index in [-0.39, 0.29) is 17.7 Å². The molecule has 0 saturated heterocycles. The fourth-order valence-electron chi connectivity index (χ4n) is 3.32. The third-order valence-electron chi connectivity index (χ3n) is 4.47. The molecule has 3 aromatic carbocycles. The van der Waals surface area contributed by atoms with Gasteiger partial charge in [-0.15, -0.1) is 0 Å². The van der Waals surface area contributed by atoms with Crippen molar-refractivity contribution in [3.63, 3.8) is 0 Å². The number of benzene rings is 3. The quantitative estimate of drug-likeness (QED) is 0.531. The third kappa shape index (κ3) is 2.62. The monoisotopic (exact) mass is 342 g/mol. The first-order chi connectivity index (χ1) is 12.6. The Morgan fingerprint density at radius 2 is 1.19 bits per heavy atom. The number of hydrogen-bond donors (Lipinski definition) is 0. The summed E-state index contributed by atoms with van der Waals surface area (Å²) >= 11 is 0. The molecular weight excluding hydrogens is 324 g/mol. The van der Waals surface area contributed by atoms with Gasteiger partial charge in [0.05, 0.1) is 6.10 Å². The van der Waals surface area contributed by atoms with E-state index in [1.807, 2.05) is 44.2 Å². The van der Waals surface area contributed by atoms with Crippen LogP contribution in [0.3, 0.4) is 0 Å². The summed E-state index contributed by atoms with van der Waals surface area (Å²) in [5, 5.41) is 0. The summed E-state index contributed by atoms with van der Waals surface area (Å²) in [6.45, 7) is 3.88. The van der Waals surface area contributed by atoms with Crippen LogP contribution >= 0.6 is 0 Å². The van der Waals surface area contributed by atoms with E-state index in [2.05, 4.69) is 0 Å². The second-order valence-electron chi connectivity index (χ2n) is 6.63. The van der Waals surface area contributed by atoms with Crippen LogP contribution in [0.4, 0.5) is 0 Å². The van der Waals surface area contributed by atoms with Gasteiger partial charge in [-0.2, -0.15) is 0 Å². The largest absolute Gasteiger partial charge is 0.490 e. The zero-order valence-corrected chi connectivity index (χ0v) is 14.7. The van der Waals surface area contributed by atoms with E-state index in [0.29, 0.717) is 28.0 Å². The highest BCUT2D eigenvalue weighted by Crippen LogP contribution is 2.37. The van der Waals surface area contributed by atoms with Crippen LogP contribution in [-0.4, -0.2) is 17.7 Å². The molecule has 0 unspecified atom stereocenters. The minimum absolute atomic E-state index is 0.0443. The Bertz CT molecular complexity index is 1020. The Morgan fingerprint density at radius 3 is 1.77 bits per heavy atom. The summed E-state index contributed by atoms with van der Waals surface area (Å²) in [7, 11) is 0. The Kier molecular flexibility index (Phi) is 3.92. The lowest BCUT2D eigenvalue weighted by Gasteiger charge is -2.21. The van der Waals surface area contributed by atoms with Crippen molar-refractivity contribution in [3.8, 4) is 16.9 Å². The van der Waals surface area contributed by atoms with Gasteiger partial charge < -0.3 is 4.74 Å². The van der Waals surface area contributed by atoms with Crippen LogP contribution in [0, 0.1) is 0 Å². The predicted molar refractivity (Wildman–Crippen MR) is 101 cm³/mol. The third-order valence-corrected chi connectivity index (χ3v) is 4.47. The first kappa shape index (κ1) is 16.3. The molecule has 3 nitrogen and oxygen atoms in total. The SMILES string of the molecule is CC(C)Oc1cc2c(cc1-c1ccccc1)C(=O)c1ccccc1C2=O. The van der Waals surface area contributed by atoms with Gasteiger partial charge in [0.25, 0.3) is 0 Å². The van der Waals surface area contributed by atoms with Crippen molar-refractivity contribution < 1.29 is 14.3 Å². The molecule has 26 heavy (non-hydrogen) atoms. The molecule has 0 spiro atoms. The van der Waals surface area contributed by atoms with Gasteiger partial charge in [0, 0.05) is 27.8 Å². The first-order valence-corrected chi connectivity index (χ1v) is 8.65. The molecule has 0 bridgehead atoms. The van der Waals surface area contributed by atoms with E-state index in [0.717, 1.165) is 11.1 Å². The van der Waals surface area contributed by atoms with Gasteiger partial charge in [-0.1, -0.05) is 54.6 Å². The van der Waals surface area contributed by atoms with Crippen molar-refractivity contribution in [2.24, 2.45) is 0 Å². The zero-order chi connectivity index (χ0) is 18.3. The maximum absolute atomic E-state index is 13.0. The van der Waals surface area contributed by atoms with E-state index >= 15 is 0 Å². The Hall–Kier alpha value is -3.20. The van der Waals surface area contributed by atoms with E-state index in [1.165, 1.54) is 0 Å². The summed E-state index contributed by atoms with van der Waals surface area (Å²) in [4.78, 5) is 25.9. The summed E-state index contributed by atoms with van der Waals surface area (Å²) < 4.78 is 5.97. The summed E-state index contributed by atoms with van der Waals surface area (Å²) in [5.74, 6) is 0.359. The fourth-order valence-corrected chi connectivity index (χ4v) is 3.32. The molecular formula is C23H18O3. The van der Waals surface area contributed by atoms with Gasteiger partial charge in [0.2, 0.25) is 0 Å². The lowest BCUT2D eigenvalue weighted by molar-refractivity contribution is 0.0978. The normalized spacial score (nSPS) is 12.7. The number of fused-ring (bicyclic) bond motifs is 2. The van der Waals surface area contributed by atoms with E-state index < -0.39 is 0 Å². The van der Waals surface area contributed by atoms with Gasteiger partial charge in [-0.25, -0.2) is 0 Å². The first-order valence-electron chi connectivity index (χ1n) is 8.65. The second kappa shape index (κ2) is 6.26. The van der Waals surface area contributed by atoms with Crippen LogP contribution in [0.25, 0.3) is 11.1 Å². The van der Waals surface area contributed by atoms with E-state index in [9.17, 15) is 9.59 Å². The zero-order valence-electron chi connectivity index (χ0n) is 14.7. The molecule has 1 aliphatic rings. The van der Waals surface area contributed by atoms with Gasteiger partial charge in [-0.05, 0) is 31.5 Å². The number of rotatable bonds is 3. The molecule has 0 aromatic heterocycles. The fraction of sp³-hybridized carbons (Fsp3) is 0.130. The number of ketones is 2. The highest BCUT2D eigenvalue weighted by atomic mass is 16.5. The number of carbonyl (C=O) groups is 2. The second-order valence-corrected chi connectivity index (χ2v) is 6.63. The molecule has 1 aliphatic carbocycles. The lowest BCUT2D eigenvalue weighted by Crippen LogP contribution is -2.21. The van der Waals surface area contributed by atoms with Crippen molar-refractivity contribution >= 4 is 11.6 Å². The lowest BCUT2D eigenvalue weighted by atomic mass is 9.82. The molecule has 0 saturated carbocycles. The maximum Gasteiger partial charge on any atom is 0.194 e. The summed E-state index contributed by atoms with van der Waals surface area (Å²) in [6.07, 6.45) is -0.0443. The maximum atomic E-state index is 13.0. The van der Waals surface area contributed by atoms with Gasteiger partial charge in [0.15, 0.2) is 11.6 Å². The smallest absolute Gasteiger partial charge is 0.194 e. The van der Waals surface area contributed by atoms with Gasteiger partial charge in [-0.3, -0.25) is 9.59 Å². The summed E-state index contributed by atoms with van der Waals surface area (Å²) in [5.41, 5.74) is 3.52. The number of ether oxygens (including phenoxy) is 1. The Labute approximate surface area is 152 Å². The van der Waals surface area contributed by atoms with Crippen LogP contribution in [0.1, 0.15) is 45.7 Å².